The van der Waals surface area contributed by atoms with Crippen molar-refractivity contribution in [2.75, 3.05) is 25.6 Å². The number of alkyl carbamates (subject to hydrolysis) is 1. The molecule has 3 amide bonds. The van der Waals surface area contributed by atoms with Crippen LogP contribution in [0.1, 0.15) is 69.7 Å². The SMILES string of the molecule is CCCCNC(=O)C(c1cc(C)ccc1C)N(C)C(=O)C(CCSC)NC(=O)OC(C)(C)C. The molecule has 0 aromatic heterocycles. The van der Waals surface area contributed by atoms with E-state index in [0.717, 1.165) is 29.5 Å². The minimum absolute atomic E-state index is 0.228. The second kappa shape index (κ2) is 13.5. The molecule has 2 atom stereocenters. The summed E-state index contributed by atoms with van der Waals surface area (Å²) < 4.78 is 5.36. The number of nitrogens with zero attached hydrogens (tertiary/aromatic N) is 1. The number of hydrogen-bond donors (Lipinski definition) is 2. The summed E-state index contributed by atoms with van der Waals surface area (Å²) >= 11 is 1.59. The molecule has 2 N–H and O–H groups in total. The normalized spacial score (nSPS) is 13.1. The van der Waals surface area contributed by atoms with Gasteiger partial charge in [-0.1, -0.05) is 37.1 Å². The van der Waals surface area contributed by atoms with E-state index in [9.17, 15) is 14.4 Å². The van der Waals surface area contributed by atoms with Crippen LogP contribution in [0.25, 0.3) is 0 Å². The summed E-state index contributed by atoms with van der Waals surface area (Å²) in [7, 11) is 1.62. The quantitative estimate of drug-likeness (QED) is 0.460. The van der Waals surface area contributed by atoms with Gasteiger partial charge in [-0.05, 0) is 70.6 Å². The first-order chi connectivity index (χ1) is 15.4. The van der Waals surface area contributed by atoms with Gasteiger partial charge < -0.3 is 20.3 Å². The Balaban J connectivity index is 3.25. The highest BCUT2D eigenvalue weighted by molar-refractivity contribution is 7.98. The number of benzene rings is 1. The van der Waals surface area contributed by atoms with Crippen LogP contribution in [0.15, 0.2) is 18.2 Å². The summed E-state index contributed by atoms with van der Waals surface area (Å²) in [5, 5.41) is 5.68. The van der Waals surface area contributed by atoms with Crippen LogP contribution in [-0.2, 0) is 14.3 Å². The number of likely N-dealkylation sites (N-methyl/N-ethyl adjacent to an activating group) is 1. The second-order valence-corrected chi connectivity index (χ2v) is 10.3. The Morgan fingerprint density at radius 1 is 1.18 bits per heavy atom. The number of carbonyl (C=O) groups excluding carboxylic acids is 3. The van der Waals surface area contributed by atoms with Gasteiger partial charge in [0.05, 0.1) is 0 Å². The van der Waals surface area contributed by atoms with Gasteiger partial charge in [0.2, 0.25) is 11.8 Å². The van der Waals surface area contributed by atoms with Crippen LogP contribution < -0.4 is 10.6 Å². The largest absolute Gasteiger partial charge is 0.444 e. The number of amides is 3. The van der Waals surface area contributed by atoms with Crippen molar-refractivity contribution < 1.29 is 19.1 Å². The molecule has 33 heavy (non-hydrogen) atoms. The average molecular weight is 480 g/mol. The first-order valence-electron chi connectivity index (χ1n) is 11.5. The second-order valence-electron chi connectivity index (χ2n) is 9.34. The van der Waals surface area contributed by atoms with E-state index in [1.807, 2.05) is 38.3 Å². The molecule has 0 aliphatic carbocycles. The number of carbonyl (C=O) groups is 3. The highest BCUT2D eigenvalue weighted by Gasteiger charge is 2.34. The molecule has 0 saturated carbocycles. The lowest BCUT2D eigenvalue weighted by Gasteiger charge is -2.32. The number of thioether (sulfide) groups is 1. The van der Waals surface area contributed by atoms with E-state index >= 15 is 0 Å². The Morgan fingerprint density at radius 2 is 1.85 bits per heavy atom. The van der Waals surface area contributed by atoms with Crippen LogP contribution in [0.2, 0.25) is 0 Å². The highest BCUT2D eigenvalue weighted by Crippen LogP contribution is 2.26. The summed E-state index contributed by atoms with van der Waals surface area (Å²) in [5.41, 5.74) is 2.04. The summed E-state index contributed by atoms with van der Waals surface area (Å²) in [5.74, 6) is 0.122. The fourth-order valence-corrected chi connectivity index (χ4v) is 3.85. The molecule has 0 aliphatic rings. The number of nitrogens with one attached hydrogen (secondary N) is 2. The van der Waals surface area contributed by atoms with Gasteiger partial charge in [0.25, 0.3) is 0 Å². The Hall–Kier alpha value is -2.22. The predicted octanol–water partition coefficient (Wildman–Crippen LogP) is 4.37. The molecule has 2 unspecified atom stereocenters. The Labute approximate surface area is 203 Å². The number of rotatable bonds is 11. The van der Waals surface area contributed by atoms with E-state index in [-0.39, 0.29) is 11.8 Å². The number of aryl methyl sites for hydroxylation is 2. The number of unbranched alkanes of at least 4 members (excludes halogenated alkanes) is 1. The predicted molar refractivity (Wildman–Crippen MR) is 136 cm³/mol. The van der Waals surface area contributed by atoms with Gasteiger partial charge in [-0.25, -0.2) is 4.79 Å². The number of ether oxygens (including phenoxy) is 1. The summed E-state index contributed by atoms with van der Waals surface area (Å²) in [6.45, 7) is 11.8. The van der Waals surface area contributed by atoms with Crippen molar-refractivity contribution >= 4 is 29.7 Å². The average Bonchev–Trinajstić information content (AvgIpc) is 2.72. The third kappa shape index (κ3) is 9.66. The zero-order valence-electron chi connectivity index (χ0n) is 21.4. The molecule has 1 rings (SSSR count). The van der Waals surface area contributed by atoms with Crippen LogP contribution in [-0.4, -0.2) is 60.1 Å². The zero-order valence-corrected chi connectivity index (χ0v) is 22.2. The van der Waals surface area contributed by atoms with E-state index in [1.54, 1.807) is 39.6 Å². The van der Waals surface area contributed by atoms with Crippen molar-refractivity contribution in [3.05, 3.63) is 34.9 Å². The minimum atomic E-state index is -0.800. The highest BCUT2D eigenvalue weighted by atomic mass is 32.2. The Bertz CT molecular complexity index is 807. The van der Waals surface area contributed by atoms with Gasteiger partial charge in [0.15, 0.2) is 0 Å². The van der Waals surface area contributed by atoms with Gasteiger partial charge in [0, 0.05) is 13.6 Å². The smallest absolute Gasteiger partial charge is 0.408 e. The molecule has 0 spiro atoms. The van der Waals surface area contributed by atoms with Crippen molar-refractivity contribution in [2.24, 2.45) is 0 Å². The Morgan fingerprint density at radius 3 is 2.42 bits per heavy atom. The van der Waals surface area contributed by atoms with Crippen molar-refractivity contribution in [3.63, 3.8) is 0 Å². The minimum Gasteiger partial charge on any atom is -0.444 e. The standard InChI is InChI=1S/C25H41N3O4S/c1-9-10-14-26-22(29)21(19-16-17(2)11-12-18(19)3)28(7)23(30)20(13-15-33-8)27-24(31)32-25(4,5)6/h11-12,16,20-21H,9-10,13-15H2,1-8H3,(H,26,29)(H,27,31). The van der Waals surface area contributed by atoms with Crippen molar-refractivity contribution in [3.8, 4) is 0 Å². The monoisotopic (exact) mass is 479 g/mol. The van der Waals surface area contributed by atoms with Crippen LogP contribution in [0.4, 0.5) is 4.79 Å². The molecule has 1 aromatic rings. The van der Waals surface area contributed by atoms with Crippen LogP contribution >= 0.6 is 11.8 Å². The summed E-state index contributed by atoms with van der Waals surface area (Å²) in [6, 6.07) is 4.29. The van der Waals surface area contributed by atoms with E-state index in [1.165, 1.54) is 4.90 Å². The first-order valence-corrected chi connectivity index (χ1v) is 12.9. The Kier molecular flexibility index (Phi) is 11.8. The van der Waals surface area contributed by atoms with Crippen LogP contribution in [0, 0.1) is 13.8 Å². The third-order valence-corrected chi connectivity index (χ3v) is 5.79. The molecule has 186 valence electrons. The van der Waals surface area contributed by atoms with E-state index in [0.29, 0.717) is 18.7 Å². The van der Waals surface area contributed by atoms with Crippen LogP contribution in [0.5, 0.6) is 0 Å². The molecule has 0 saturated heterocycles. The van der Waals surface area contributed by atoms with Crippen molar-refractivity contribution in [1.82, 2.24) is 15.5 Å². The molecule has 7 nitrogen and oxygen atoms in total. The molecule has 0 bridgehead atoms. The van der Waals surface area contributed by atoms with Gasteiger partial charge in [0.1, 0.15) is 17.7 Å². The van der Waals surface area contributed by atoms with Crippen LogP contribution in [0.3, 0.4) is 0 Å². The van der Waals surface area contributed by atoms with Gasteiger partial charge in [-0.3, -0.25) is 9.59 Å². The van der Waals surface area contributed by atoms with E-state index < -0.39 is 23.8 Å². The lowest BCUT2D eigenvalue weighted by Crippen LogP contribution is -2.52. The summed E-state index contributed by atoms with van der Waals surface area (Å²) in [6.07, 6.45) is 3.55. The first kappa shape index (κ1) is 28.8. The molecule has 0 aliphatic heterocycles. The number of hydrogen-bond acceptors (Lipinski definition) is 5. The van der Waals surface area contributed by atoms with Gasteiger partial charge in [-0.15, -0.1) is 0 Å². The van der Waals surface area contributed by atoms with Gasteiger partial charge in [-0.2, -0.15) is 11.8 Å². The lowest BCUT2D eigenvalue weighted by atomic mass is 9.96. The van der Waals surface area contributed by atoms with E-state index in [4.69, 9.17) is 4.74 Å². The fraction of sp³-hybridized carbons (Fsp3) is 0.640. The maximum Gasteiger partial charge on any atom is 0.408 e. The topological polar surface area (TPSA) is 87.7 Å². The maximum absolute atomic E-state index is 13.6. The molecular formula is C25H41N3O4S. The molecule has 8 heteroatoms. The molecule has 1 aromatic carbocycles. The lowest BCUT2D eigenvalue weighted by molar-refractivity contribution is -0.140. The van der Waals surface area contributed by atoms with Crippen molar-refractivity contribution in [1.29, 1.82) is 0 Å². The third-order valence-electron chi connectivity index (χ3n) is 5.14. The zero-order chi connectivity index (χ0) is 25.2. The van der Waals surface area contributed by atoms with Crippen molar-refractivity contribution in [2.45, 2.75) is 78.5 Å². The van der Waals surface area contributed by atoms with Gasteiger partial charge >= 0.3 is 6.09 Å². The molecule has 0 radical (unpaired) electrons. The molecular weight excluding hydrogens is 438 g/mol. The fourth-order valence-electron chi connectivity index (χ4n) is 3.38. The molecule has 0 fully saturated rings. The van der Waals surface area contributed by atoms with E-state index in [2.05, 4.69) is 17.6 Å². The molecule has 0 heterocycles. The summed E-state index contributed by atoms with van der Waals surface area (Å²) in [4.78, 5) is 40.7. The maximum atomic E-state index is 13.6.